The molecular weight excluding hydrogens is 216 g/mol. The first kappa shape index (κ1) is 14.7. The Morgan fingerprint density at radius 1 is 1.53 bits per heavy atom. The van der Waals surface area contributed by atoms with Crippen molar-refractivity contribution in [3.05, 3.63) is 0 Å². The Hall–Kier alpha value is -0.260. The first-order chi connectivity index (χ1) is 7.20. The number of hydrogen-bond acceptors (Lipinski definition) is 5. The average Bonchev–Trinajstić information content (AvgIpc) is 2.24. The molecule has 0 saturated carbocycles. The van der Waals surface area contributed by atoms with Gasteiger partial charge in [0.2, 0.25) is 0 Å². The first-order valence-corrected chi connectivity index (χ1v) is 6.38. The van der Waals surface area contributed by atoms with E-state index in [1.165, 1.54) is 11.8 Å². The number of unbranched alkanes of at least 4 members (excludes halogenated alkanes) is 1. The van der Waals surface area contributed by atoms with Gasteiger partial charge in [0.25, 0.3) is 0 Å². The highest BCUT2D eigenvalue weighted by Crippen LogP contribution is 2.05. The van der Waals surface area contributed by atoms with Crippen molar-refractivity contribution in [2.75, 3.05) is 24.7 Å². The molecule has 0 fully saturated rings. The standard InChI is InChI=1S/C10H20O4S/c1-2-3-5-14-10(13)4-6-15-8-9(12)7-11/h9,11-12H,2-8H2,1H3. The number of esters is 1. The number of hydrogen-bond donors (Lipinski definition) is 2. The molecule has 4 nitrogen and oxygen atoms in total. The monoisotopic (exact) mass is 236 g/mol. The molecule has 0 aliphatic carbocycles. The molecule has 0 aromatic carbocycles. The Balaban J connectivity index is 3.23. The maximum atomic E-state index is 11.1. The van der Waals surface area contributed by atoms with Crippen LogP contribution >= 0.6 is 11.8 Å². The summed E-state index contributed by atoms with van der Waals surface area (Å²) >= 11 is 1.44. The predicted molar refractivity (Wildman–Crippen MR) is 60.9 cm³/mol. The molecule has 0 radical (unpaired) electrons. The molecule has 90 valence electrons. The van der Waals surface area contributed by atoms with Crippen LogP contribution in [-0.4, -0.2) is 47.0 Å². The Morgan fingerprint density at radius 3 is 2.87 bits per heavy atom. The summed E-state index contributed by atoms with van der Waals surface area (Å²) in [5.74, 6) is 0.898. The third kappa shape index (κ3) is 10.0. The van der Waals surface area contributed by atoms with Gasteiger partial charge in [-0.3, -0.25) is 4.79 Å². The third-order valence-electron chi connectivity index (χ3n) is 1.73. The van der Waals surface area contributed by atoms with Gasteiger partial charge in [-0.05, 0) is 6.42 Å². The second-order valence-corrected chi connectivity index (χ2v) is 4.39. The molecule has 0 saturated heterocycles. The van der Waals surface area contributed by atoms with Gasteiger partial charge in [0.1, 0.15) is 0 Å². The van der Waals surface area contributed by atoms with Crippen molar-refractivity contribution in [3.8, 4) is 0 Å². The average molecular weight is 236 g/mol. The molecule has 2 N–H and O–H groups in total. The molecule has 0 spiro atoms. The molecule has 1 unspecified atom stereocenters. The number of carbonyl (C=O) groups excluding carboxylic acids is 1. The van der Waals surface area contributed by atoms with Crippen LogP contribution in [0.15, 0.2) is 0 Å². The van der Waals surface area contributed by atoms with Crippen molar-refractivity contribution >= 4 is 17.7 Å². The second kappa shape index (κ2) is 10.3. The molecular formula is C10H20O4S. The minimum absolute atomic E-state index is 0.186. The molecule has 0 aliphatic rings. The fraction of sp³-hybridized carbons (Fsp3) is 0.900. The van der Waals surface area contributed by atoms with Gasteiger partial charge in [0.15, 0.2) is 0 Å². The van der Waals surface area contributed by atoms with Gasteiger partial charge in [0.05, 0.1) is 25.7 Å². The molecule has 0 aliphatic heterocycles. The van der Waals surface area contributed by atoms with Crippen LogP contribution in [-0.2, 0) is 9.53 Å². The molecule has 15 heavy (non-hydrogen) atoms. The van der Waals surface area contributed by atoms with Gasteiger partial charge < -0.3 is 14.9 Å². The van der Waals surface area contributed by atoms with Crippen LogP contribution in [0.2, 0.25) is 0 Å². The molecule has 1 atom stereocenters. The summed E-state index contributed by atoms with van der Waals surface area (Å²) in [7, 11) is 0. The minimum atomic E-state index is -0.689. The fourth-order valence-corrected chi connectivity index (χ4v) is 1.69. The lowest BCUT2D eigenvalue weighted by molar-refractivity contribution is -0.143. The zero-order valence-electron chi connectivity index (χ0n) is 9.15. The molecule has 0 aromatic heterocycles. The molecule has 0 heterocycles. The summed E-state index contributed by atoms with van der Waals surface area (Å²) < 4.78 is 4.95. The molecule has 0 rings (SSSR count). The Bertz CT molecular complexity index is 164. The smallest absolute Gasteiger partial charge is 0.306 e. The number of carbonyl (C=O) groups is 1. The quantitative estimate of drug-likeness (QED) is 0.458. The Morgan fingerprint density at radius 2 is 2.27 bits per heavy atom. The van der Waals surface area contributed by atoms with Crippen molar-refractivity contribution in [2.45, 2.75) is 32.3 Å². The van der Waals surface area contributed by atoms with E-state index < -0.39 is 6.10 Å². The zero-order valence-corrected chi connectivity index (χ0v) is 9.96. The van der Waals surface area contributed by atoms with Crippen molar-refractivity contribution in [3.63, 3.8) is 0 Å². The SMILES string of the molecule is CCCCOC(=O)CCSCC(O)CO. The number of rotatable bonds is 9. The van der Waals surface area contributed by atoms with E-state index in [0.29, 0.717) is 24.5 Å². The number of ether oxygens (including phenoxy) is 1. The van der Waals surface area contributed by atoms with Crippen LogP contribution in [0.4, 0.5) is 0 Å². The van der Waals surface area contributed by atoms with Crippen molar-refractivity contribution in [2.24, 2.45) is 0 Å². The second-order valence-electron chi connectivity index (χ2n) is 3.24. The Kier molecular flexibility index (Phi) is 10.1. The summed E-state index contributed by atoms with van der Waals surface area (Å²) in [5.41, 5.74) is 0. The van der Waals surface area contributed by atoms with E-state index in [2.05, 4.69) is 0 Å². The van der Waals surface area contributed by atoms with E-state index in [0.717, 1.165) is 12.8 Å². The van der Waals surface area contributed by atoms with Gasteiger partial charge in [0, 0.05) is 11.5 Å². The van der Waals surface area contributed by atoms with Crippen LogP contribution in [0.5, 0.6) is 0 Å². The highest BCUT2D eigenvalue weighted by molar-refractivity contribution is 7.99. The third-order valence-corrected chi connectivity index (χ3v) is 2.85. The van der Waals surface area contributed by atoms with E-state index in [1.807, 2.05) is 6.92 Å². The highest BCUT2D eigenvalue weighted by atomic mass is 32.2. The summed E-state index contributed by atoms with van der Waals surface area (Å²) in [6, 6.07) is 0. The normalized spacial score (nSPS) is 12.5. The van der Waals surface area contributed by atoms with Crippen LogP contribution in [0, 0.1) is 0 Å². The summed E-state index contributed by atoms with van der Waals surface area (Å²) in [6.07, 6.45) is 1.60. The molecule has 0 bridgehead atoms. The van der Waals surface area contributed by atoms with Crippen LogP contribution in [0.25, 0.3) is 0 Å². The topological polar surface area (TPSA) is 66.8 Å². The lowest BCUT2D eigenvalue weighted by atomic mass is 10.4. The molecule has 5 heteroatoms. The van der Waals surface area contributed by atoms with Crippen molar-refractivity contribution < 1.29 is 19.7 Å². The van der Waals surface area contributed by atoms with E-state index in [4.69, 9.17) is 14.9 Å². The highest BCUT2D eigenvalue weighted by Gasteiger charge is 2.05. The molecule has 0 amide bonds. The largest absolute Gasteiger partial charge is 0.466 e. The fourth-order valence-electron chi connectivity index (χ4n) is 0.830. The minimum Gasteiger partial charge on any atom is -0.466 e. The first-order valence-electron chi connectivity index (χ1n) is 5.23. The van der Waals surface area contributed by atoms with Crippen LogP contribution in [0.1, 0.15) is 26.2 Å². The van der Waals surface area contributed by atoms with Gasteiger partial charge in [-0.15, -0.1) is 0 Å². The maximum absolute atomic E-state index is 11.1. The van der Waals surface area contributed by atoms with E-state index >= 15 is 0 Å². The summed E-state index contributed by atoms with van der Waals surface area (Å²) in [6.45, 7) is 2.31. The van der Waals surface area contributed by atoms with Gasteiger partial charge in [-0.1, -0.05) is 13.3 Å². The lowest BCUT2D eigenvalue weighted by Gasteiger charge is -2.06. The summed E-state index contributed by atoms with van der Waals surface area (Å²) in [4.78, 5) is 11.1. The Labute approximate surface area is 95.0 Å². The van der Waals surface area contributed by atoms with Gasteiger partial charge in [-0.2, -0.15) is 11.8 Å². The summed E-state index contributed by atoms with van der Waals surface area (Å²) in [5, 5.41) is 17.5. The van der Waals surface area contributed by atoms with Crippen LogP contribution in [0.3, 0.4) is 0 Å². The zero-order chi connectivity index (χ0) is 11.5. The van der Waals surface area contributed by atoms with E-state index in [9.17, 15) is 4.79 Å². The van der Waals surface area contributed by atoms with Crippen molar-refractivity contribution in [1.29, 1.82) is 0 Å². The maximum Gasteiger partial charge on any atom is 0.306 e. The predicted octanol–water partition coefficient (Wildman–Crippen LogP) is 0.806. The van der Waals surface area contributed by atoms with Gasteiger partial charge >= 0.3 is 5.97 Å². The number of aliphatic hydroxyl groups is 2. The number of thioether (sulfide) groups is 1. The number of aliphatic hydroxyl groups excluding tert-OH is 2. The van der Waals surface area contributed by atoms with E-state index in [1.54, 1.807) is 0 Å². The molecule has 0 aromatic rings. The van der Waals surface area contributed by atoms with E-state index in [-0.39, 0.29) is 12.6 Å². The van der Waals surface area contributed by atoms with Crippen molar-refractivity contribution in [1.82, 2.24) is 0 Å². The lowest BCUT2D eigenvalue weighted by Crippen LogP contribution is -2.15. The van der Waals surface area contributed by atoms with Gasteiger partial charge in [-0.25, -0.2) is 0 Å². The van der Waals surface area contributed by atoms with Crippen LogP contribution < -0.4 is 0 Å².